The number of thiazole rings is 1. The van der Waals surface area contributed by atoms with Gasteiger partial charge < -0.3 is 4.74 Å². The lowest BCUT2D eigenvalue weighted by Gasteiger charge is -1.98. The van der Waals surface area contributed by atoms with E-state index in [4.69, 9.17) is 4.74 Å². The number of hydrogen-bond donors (Lipinski definition) is 0. The van der Waals surface area contributed by atoms with Gasteiger partial charge in [-0.3, -0.25) is 0 Å². The van der Waals surface area contributed by atoms with E-state index in [-0.39, 0.29) is 12.6 Å². The highest BCUT2D eigenvalue weighted by molar-refractivity contribution is 7.09. The molecule has 0 aliphatic rings. The molecular weight excluding hydrogens is 258 g/mol. The van der Waals surface area contributed by atoms with Gasteiger partial charge in [0.15, 0.2) is 0 Å². The molecule has 1 heterocycles. The minimum absolute atomic E-state index is 0.231. The van der Waals surface area contributed by atoms with Gasteiger partial charge in [-0.2, -0.15) is 0 Å². The summed E-state index contributed by atoms with van der Waals surface area (Å²) in [4.78, 5) is 15.9. The van der Waals surface area contributed by atoms with E-state index < -0.39 is 0 Å². The van der Waals surface area contributed by atoms with E-state index in [0.717, 1.165) is 22.7 Å². The molecule has 0 saturated carbocycles. The van der Waals surface area contributed by atoms with Crippen LogP contribution in [0.3, 0.4) is 0 Å². The van der Waals surface area contributed by atoms with Crippen molar-refractivity contribution in [2.75, 3.05) is 0 Å². The fraction of sp³-hybridized carbons (Fsp3) is 0.200. The second kappa shape index (κ2) is 6.85. The average Bonchev–Trinajstić information content (AvgIpc) is 2.92. The molecule has 2 rings (SSSR count). The fourth-order valence-electron chi connectivity index (χ4n) is 1.50. The molecule has 0 aliphatic carbocycles. The molecule has 0 atom stereocenters. The Labute approximate surface area is 116 Å². The van der Waals surface area contributed by atoms with Crippen molar-refractivity contribution in [2.45, 2.75) is 20.0 Å². The molecule has 4 heteroatoms. The third-order valence-electron chi connectivity index (χ3n) is 2.48. The Bertz CT molecular complexity index is 561. The molecule has 98 valence electrons. The van der Waals surface area contributed by atoms with Gasteiger partial charge in [0.05, 0.1) is 10.7 Å². The molecule has 3 nitrogen and oxygen atoms in total. The highest BCUT2D eigenvalue weighted by Gasteiger charge is 2.03. The highest BCUT2D eigenvalue weighted by atomic mass is 32.1. The van der Waals surface area contributed by atoms with E-state index in [1.165, 1.54) is 6.08 Å². The minimum atomic E-state index is -0.352. The quantitative estimate of drug-likeness (QED) is 0.618. The average molecular weight is 273 g/mol. The summed E-state index contributed by atoms with van der Waals surface area (Å²) in [5.41, 5.74) is 1.78. The molecule has 0 amide bonds. The van der Waals surface area contributed by atoms with Gasteiger partial charge in [-0.25, -0.2) is 9.78 Å². The maximum Gasteiger partial charge on any atom is 0.331 e. The van der Waals surface area contributed by atoms with Crippen molar-refractivity contribution < 1.29 is 9.53 Å². The van der Waals surface area contributed by atoms with E-state index >= 15 is 0 Å². The number of hydrogen-bond acceptors (Lipinski definition) is 4. The van der Waals surface area contributed by atoms with Crippen molar-refractivity contribution in [2.24, 2.45) is 0 Å². The number of ether oxygens (including phenoxy) is 1. The van der Waals surface area contributed by atoms with Gasteiger partial charge in [0, 0.05) is 11.5 Å². The van der Waals surface area contributed by atoms with Crippen LogP contribution in [0.25, 0.3) is 6.08 Å². The predicted octanol–water partition coefficient (Wildman–Crippen LogP) is 3.46. The van der Waals surface area contributed by atoms with Crippen LogP contribution >= 0.6 is 11.3 Å². The maximum atomic E-state index is 11.5. The highest BCUT2D eigenvalue weighted by Crippen LogP contribution is 2.11. The van der Waals surface area contributed by atoms with Gasteiger partial charge in [0.2, 0.25) is 0 Å². The lowest BCUT2D eigenvalue weighted by molar-refractivity contribution is -0.139. The molecule has 0 fully saturated rings. The van der Waals surface area contributed by atoms with Gasteiger partial charge in [-0.1, -0.05) is 37.3 Å². The first kappa shape index (κ1) is 13.5. The molecule has 0 unspecified atom stereocenters. The standard InChI is InChI=1S/C15H15NO2S/c1-2-14-16-13(11-19-14)10-18-15(17)9-8-12-6-4-3-5-7-12/h3-9,11H,2,10H2,1H3. The van der Waals surface area contributed by atoms with E-state index in [9.17, 15) is 4.79 Å². The third kappa shape index (κ3) is 4.34. The summed E-state index contributed by atoms with van der Waals surface area (Å²) >= 11 is 1.59. The summed E-state index contributed by atoms with van der Waals surface area (Å²) in [6, 6.07) is 9.64. The zero-order valence-corrected chi connectivity index (χ0v) is 11.5. The van der Waals surface area contributed by atoms with Gasteiger partial charge in [-0.05, 0) is 18.1 Å². The van der Waals surface area contributed by atoms with Crippen LogP contribution in [0.1, 0.15) is 23.2 Å². The normalized spacial score (nSPS) is 10.8. The van der Waals surface area contributed by atoms with Crippen LogP contribution in [0.2, 0.25) is 0 Å². The largest absolute Gasteiger partial charge is 0.456 e. The second-order valence-electron chi connectivity index (χ2n) is 3.94. The maximum absolute atomic E-state index is 11.5. The van der Waals surface area contributed by atoms with Gasteiger partial charge in [0.1, 0.15) is 6.61 Å². The Morgan fingerprint density at radius 3 is 2.84 bits per heavy atom. The summed E-state index contributed by atoms with van der Waals surface area (Å²) < 4.78 is 5.13. The van der Waals surface area contributed by atoms with Gasteiger partial charge in [-0.15, -0.1) is 11.3 Å². The monoisotopic (exact) mass is 273 g/mol. The van der Waals surface area contributed by atoms with E-state index in [1.807, 2.05) is 35.7 Å². The van der Waals surface area contributed by atoms with Crippen LogP contribution < -0.4 is 0 Å². The minimum Gasteiger partial charge on any atom is -0.456 e. The summed E-state index contributed by atoms with van der Waals surface area (Å²) in [7, 11) is 0. The third-order valence-corrected chi connectivity index (χ3v) is 3.52. The van der Waals surface area contributed by atoms with Crippen molar-refractivity contribution in [3.05, 3.63) is 58.1 Å². The lowest BCUT2D eigenvalue weighted by Crippen LogP contribution is -2.01. The first-order valence-corrected chi connectivity index (χ1v) is 6.99. The molecule has 1 aromatic heterocycles. The van der Waals surface area contributed by atoms with Crippen LogP contribution in [0.15, 0.2) is 41.8 Å². The van der Waals surface area contributed by atoms with Crippen molar-refractivity contribution in [3.8, 4) is 0 Å². The number of carbonyl (C=O) groups excluding carboxylic acids is 1. The molecule has 0 spiro atoms. The summed E-state index contributed by atoms with van der Waals surface area (Å²) in [5.74, 6) is -0.352. The van der Waals surface area contributed by atoms with Gasteiger partial charge >= 0.3 is 5.97 Å². The Morgan fingerprint density at radius 2 is 2.16 bits per heavy atom. The molecule has 0 N–H and O–H groups in total. The number of esters is 1. The molecule has 0 radical (unpaired) electrons. The van der Waals surface area contributed by atoms with E-state index in [0.29, 0.717) is 0 Å². The molecule has 2 aromatic rings. The topological polar surface area (TPSA) is 39.2 Å². The molecular formula is C15H15NO2S. The van der Waals surface area contributed by atoms with Crippen molar-refractivity contribution in [1.29, 1.82) is 0 Å². The Hall–Kier alpha value is -1.94. The van der Waals surface area contributed by atoms with Crippen LogP contribution in [0.4, 0.5) is 0 Å². The van der Waals surface area contributed by atoms with Gasteiger partial charge in [0.25, 0.3) is 0 Å². The molecule has 19 heavy (non-hydrogen) atoms. The Balaban J connectivity index is 1.83. The number of carbonyl (C=O) groups is 1. The van der Waals surface area contributed by atoms with Crippen molar-refractivity contribution >= 4 is 23.4 Å². The second-order valence-corrected chi connectivity index (χ2v) is 4.88. The van der Waals surface area contributed by atoms with Crippen LogP contribution in [0.5, 0.6) is 0 Å². The lowest BCUT2D eigenvalue weighted by atomic mass is 10.2. The van der Waals surface area contributed by atoms with E-state index in [2.05, 4.69) is 11.9 Å². The number of rotatable bonds is 5. The SMILES string of the molecule is CCc1nc(COC(=O)C=Cc2ccccc2)cs1. The van der Waals surface area contributed by atoms with Crippen molar-refractivity contribution in [1.82, 2.24) is 4.98 Å². The van der Waals surface area contributed by atoms with E-state index in [1.54, 1.807) is 17.4 Å². The summed E-state index contributed by atoms with van der Waals surface area (Å²) in [5, 5.41) is 2.98. The smallest absolute Gasteiger partial charge is 0.331 e. The molecule has 1 aromatic carbocycles. The van der Waals surface area contributed by atoms with Crippen LogP contribution in [-0.4, -0.2) is 11.0 Å². The number of aryl methyl sites for hydroxylation is 1. The van der Waals surface area contributed by atoms with Crippen molar-refractivity contribution in [3.63, 3.8) is 0 Å². The summed E-state index contributed by atoms with van der Waals surface area (Å²) in [6.07, 6.45) is 4.08. The molecule has 0 bridgehead atoms. The number of aromatic nitrogens is 1. The Morgan fingerprint density at radius 1 is 1.37 bits per heavy atom. The first-order valence-electron chi connectivity index (χ1n) is 6.11. The number of nitrogens with zero attached hydrogens (tertiary/aromatic N) is 1. The zero-order valence-electron chi connectivity index (χ0n) is 10.7. The van der Waals surface area contributed by atoms with Crippen LogP contribution in [0, 0.1) is 0 Å². The predicted molar refractivity (Wildman–Crippen MR) is 76.8 cm³/mol. The first-order chi connectivity index (χ1) is 9.28. The van der Waals surface area contributed by atoms with Crippen LogP contribution in [-0.2, 0) is 22.6 Å². The molecule has 0 saturated heterocycles. The fourth-order valence-corrected chi connectivity index (χ4v) is 2.23. The zero-order chi connectivity index (χ0) is 13.5. The Kier molecular flexibility index (Phi) is 4.86. The number of benzene rings is 1. The summed E-state index contributed by atoms with van der Waals surface area (Å²) in [6.45, 7) is 2.28. The molecule has 0 aliphatic heterocycles.